The van der Waals surface area contributed by atoms with Crippen LogP contribution < -0.4 is 5.32 Å². The molecule has 0 amide bonds. The fourth-order valence-corrected chi connectivity index (χ4v) is 2.09. The number of aromatic nitrogens is 2. The van der Waals surface area contributed by atoms with Crippen LogP contribution >= 0.6 is 11.6 Å². The smallest absolute Gasteiger partial charge is 0.0605 e. The van der Waals surface area contributed by atoms with Crippen LogP contribution in [0.5, 0.6) is 0 Å². The van der Waals surface area contributed by atoms with Crippen LogP contribution in [0.15, 0.2) is 30.6 Å². The van der Waals surface area contributed by atoms with Crippen molar-refractivity contribution in [3.8, 4) is 0 Å². The van der Waals surface area contributed by atoms with E-state index in [1.807, 2.05) is 45.5 Å². The summed E-state index contributed by atoms with van der Waals surface area (Å²) >= 11 is 6.16. The molecule has 2 aromatic rings. The van der Waals surface area contributed by atoms with Gasteiger partial charge in [-0.25, -0.2) is 0 Å². The summed E-state index contributed by atoms with van der Waals surface area (Å²) in [5.41, 5.74) is 3.38. The van der Waals surface area contributed by atoms with Gasteiger partial charge in [-0.3, -0.25) is 4.68 Å². The molecular weight excluding hydrogens is 234 g/mol. The summed E-state index contributed by atoms with van der Waals surface area (Å²) in [4.78, 5) is 0. The number of hydrogen-bond acceptors (Lipinski definition) is 2. The second kappa shape index (κ2) is 4.90. The summed E-state index contributed by atoms with van der Waals surface area (Å²) in [5.74, 6) is 0. The van der Waals surface area contributed by atoms with Crippen molar-refractivity contribution in [3.63, 3.8) is 0 Å². The molecule has 0 spiro atoms. The minimum Gasteiger partial charge on any atom is -0.309 e. The minimum atomic E-state index is 0.127. The Morgan fingerprint density at radius 2 is 2.12 bits per heavy atom. The third-order valence-electron chi connectivity index (χ3n) is 2.88. The van der Waals surface area contributed by atoms with E-state index < -0.39 is 0 Å². The highest BCUT2D eigenvalue weighted by Gasteiger charge is 2.14. The van der Waals surface area contributed by atoms with Gasteiger partial charge in [0, 0.05) is 23.8 Å². The van der Waals surface area contributed by atoms with Gasteiger partial charge < -0.3 is 5.32 Å². The van der Waals surface area contributed by atoms with Crippen LogP contribution in [-0.2, 0) is 7.05 Å². The first-order valence-corrected chi connectivity index (χ1v) is 5.91. The summed E-state index contributed by atoms with van der Waals surface area (Å²) in [6.45, 7) is 2.00. The molecule has 0 aliphatic rings. The molecule has 17 heavy (non-hydrogen) atoms. The van der Waals surface area contributed by atoms with Crippen molar-refractivity contribution >= 4 is 11.6 Å². The summed E-state index contributed by atoms with van der Waals surface area (Å²) < 4.78 is 1.80. The maximum absolute atomic E-state index is 6.16. The standard InChI is InChI=1S/C13H16ClN3/c1-9-4-5-10(6-12(9)14)13(15-2)11-7-16-17(3)8-11/h4-8,13,15H,1-3H3. The molecule has 0 aliphatic heterocycles. The lowest BCUT2D eigenvalue weighted by molar-refractivity contribution is 0.689. The van der Waals surface area contributed by atoms with Gasteiger partial charge in [0.05, 0.1) is 12.2 Å². The number of benzene rings is 1. The molecule has 0 saturated carbocycles. The van der Waals surface area contributed by atoms with E-state index in [1.54, 1.807) is 4.68 Å². The number of halogens is 1. The minimum absolute atomic E-state index is 0.127. The monoisotopic (exact) mass is 249 g/mol. The Kier molecular flexibility index (Phi) is 3.50. The second-order valence-corrected chi connectivity index (χ2v) is 4.58. The molecule has 0 aliphatic carbocycles. The maximum atomic E-state index is 6.16. The van der Waals surface area contributed by atoms with Gasteiger partial charge >= 0.3 is 0 Å². The molecule has 4 heteroatoms. The number of hydrogen-bond donors (Lipinski definition) is 1. The first kappa shape index (κ1) is 12.1. The first-order chi connectivity index (χ1) is 8.11. The highest BCUT2D eigenvalue weighted by molar-refractivity contribution is 6.31. The van der Waals surface area contributed by atoms with Gasteiger partial charge in [0.15, 0.2) is 0 Å². The third-order valence-corrected chi connectivity index (χ3v) is 3.28. The molecule has 1 N–H and O–H groups in total. The molecule has 1 heterocycles. The molecular formula is C13H16ClN3. The number of rotatable bonds is 3. The van der Waals surface area contributed by atoms with Crippen LogP contribution in [0.2, 0.25) is 5.02 Å². The van der Waals surface area contributed by atoms with Crippen LogP contribution in [0.3, 0.4) is 0 Å². The van der Waals surface area contributed by atoms with E-state index in [4.69, 9.17) is 11.6 Å². The quantitative estimate of drug-likeness (QED) is 0.907. The van der Waals surface area contributed by atoms with Crippen molar-refractivity contribution in [2.75, 3.05) is 7.05 Å². The van der Waals surface area contributed by atoms with Gasteiger partial charge in [0.25, 0.3) is 0 Å². The van der Waals surface area contributed by atoms with Gasteiger partial charge in [0.1, 0.15) is 0 Å². The molecule has 3 nitrogen and oxygen atoms in total. The zero-order valence-electron chi connectivity index (χ0n) is 10.2. The highest BCUT2D eigenvalue weighted by atomic mass is 35.5. The molecule has 2 rings (SSSR count). The summed E-state index contributed by atoms with van der Waals surface area (Å²) in [6.07, 6.45) is 3.88. The van der Waals surface area contributed by atoms with Crippen molar-refractivity contribution in [1.29, 1.82) is 0 Å². The topological polar surface area (TPSA) is 29.9 Å². The number of aryl methyl sites for hydroxylation is 2. The molecule has 1 atom stereocenters. The molecule has 1 unspecified atom stereocenters. The normalized spacial score (nSPS) is 12.7. The molecule has 1 aromatic carbocycles. The van der Waals surface area contributed by atoms with Crippen LogP contribution in [0, 0.1) is 6.92 Å². The molecule has 0 fully saturated rings. The maximum Gasteiger partial charge on any atom is 0.0605 e. The predicted molar refractivity (Wildman–Crippen MR) is 70.3 cm³/mol. The van der Waals surface area contributed by atoms with Crippen molar-refractivity contribution < 1.29 is 0 Å². The van der Waals surface area contributed by atoms with E-state index >= 15 is 0 Å². The second-order valence-electron chi connectivity index (χ2n) is 4.18. The average molecular weight is 250 g/mol. The van der Waals surface area contributed by atoms with Gasteiger partial charge in [-0.1, -0.05) is 23.7 Å². The zero-order valence-corrected chi connectivity index (χ0v) is 11.0. The first-order valence-electron chi connectivity index (χ1n) is 5.53. The van der Waals surface area contributed by atoms with Crippen LogP contribution in [0.25, 0.3) is 0 Å². The van der Waals surface area contributed by atoms with Gasteiger partial charge in [-0.15, -0.1) is 0 Å². The van der Waals surface area contributed by atoms with E-state index in [1.165, 1.54) is 0 Å². The van der Waals surface area contributed by atoms with Crippen molar-refractivity contribution in [2.24, 2.45) is 7.05 Å². The average Bonchev–Trinajstić information content (AvgIpc) is 2.71. The SMILES string of the molecule is CNC(c1ccc(C)c(Cl)c1)c1cnn(C)c1. The Labute approximate surface area is 106 Å². The van der Waals surface area contributed by atoms with E-state index in [0.29, 0.717) is 0 Å². The Balaban J connectivity index is 2.38. The molecule has 0 saturated heterocycles. The lowest BCUT2D eigenvalue weighted by atomic mass is 10.0. The van der Waals surface area contributed by atoms with Crippen LogP contribution in [0.1, 0.15) is 22.7 Å². The van der Waals surface area contributed by atoms with Gasteiger partial charge in [-0.05, 0) is 31.2 Å². The van der Waals surface area contributed by atoms with Crippen LogP contribution in [0.4, 0.5) is 0 Å². The molecule has 1 aromatic heterocycles. The van der Waals surface area contributed by atoms with Crippen molar-refractivity contribution in [2.45, 2.75) is 13.0 Å². The Bertz CT molecular complexity index is 519. The fraction of sp³-hybridized carbons (Fsp3) is 0.308. The van der Waals surface area contributed by atoms with E-state index in [9.17, 15) is 0 Å². The Morgan fingerprint density at radius 1 is 1.35 bits per heavy atom. The largest absolute Gasteiger partial charge is 0.309 e. The summed E-state index contributed by atoms with van der Waals surface area (Å²) in [7, 11) is 3.85. The third kappa shape index (κ3) is 2.51. The fourth-order valence-electron chi connectivity index (χ4n) is 1.90. The Morgan fingerprint density at radius 3 is 2.65 bits per heavy atom. The number of nitrogens with one attached hydrogen (secondary N) is 1. The molecule has 0 radical (unpaired) electrons. The van der Waals surface area contributed by atoms with Crippen molar-refractivity contribution in [1.82, 2.24) is 15.1 Å². The van der Waals surface area contributed by atoms with E-state index in [-0.39, 0.29) is 6.04 Å². The van der Waals surface area contributed by atoms with E-state index in [0.717, 1.165) is 21.7 Å². The lowest BCUT2D eigenvalue weighted by Gasteiger charge is -2.15. The van der Waals surface area contributed by atoms with Gasteiger partial charge in [0.2, 0.25) is 0 Å². The van der Waals surface area contributed by atoms with Crippen molar-refractivity contribution in [3.05, 3.63) is 52.3 Å². The van der Waals surface area contributed by atoms with E-state index in [2.05, 4.69) is 16.5 Å². The highest BCUT2D eigenvalue weighted by Crippen LogP contribution is 2.25. The lowest BCUT2D eigenvalue weighted by Crippen LogP contribution is -2.17. The molecule has 0 bridgehead atoms. The van der Waals surface area contributed by atoms with Gasteiger partial charge in [-0.2, -0.15) is 5.10 Å². The predicted octanol–water partition coefficient (Wildman–Crippen LogP) is 2.69. The summed E-state index contributed by atoms with van der Waals surface area (Å²) in [6, 6.07) is 6.26. The Hall–Kier alpha value is -1.32. The van der Waals surface area contributed by atoms with Crippen LogP contribution in [-0.4, -0.2) is 16.8 Å². The summed E-state index contributed by atoms with van der Waals surface area (Å²) in [5, 5.41) is 8.28. The molecule has 90 valence electrons. The zero-order chi connectivity index (χ0) is 12.4. The number of nitrogens with zero attached hydrogens (tertiary/aromatic N) is 2.